The van der Waals surface area contributed by atoms with Crippen LogP contribution >= 0.6 is 15.9 Å². The number of hydrogen-bond acceptors (Lipinski definition) is 3. The molecule has 0 spiro atoms. The maximum absolute atomic E-state index is 13.5. The van der Waals surface area contributed by atoms with Crippen molar-refractivity contribution >= 4 is 33.3 Å². The lowest BCUT2D eigenvalue weighted by Crippen LogP contribution is -2.13. The summed E-state index contributed by atoms with van der Waals surface area (Å²) in [7, 11) is 0. The van der Waals surface area contributed by atoms with E-state index in [9.17, 15) is 13.6 Å². The number of nitrogens with zero attached hydrogens (tertiary/aromatic N) is 1. The zero-order valence-electron chi connectivity index (χ0n) is 9.45. The largest absolute Gasteiger partial charge is 0.384 e. The molecule has 2 rings (SSSR count). The summed E-state index contributed by atoms with van der Waals surface area (Å²) in [5.41, 5.74) is 5.48. The highest BCUT2D eigenvalue weighted by molar-refractivity contribution is 9.10. The van der Waals surface area contributed by atoms with Crippen molar-refractivity contribution in [3.05, 3.63) is 52.1 Å². The highest BCUT2D eigenvalue weighted by Crippen LogP contribution is 2.24. The van der Waals surface area contributed by atoms with Crippen LogP contribution in [0.5, 0.6) is 0 Å². The zero-order valence-corrected chi connectivity index (χ0v) is 11.0. The van der Waals surface area contributed by atoms with Gasteiger partial charge in [0.2, 0.25) is 0 Å². The molecular weight excluding hydrogens is 320 g/mol. The van der Waals surface area contributed by atoms with Crippen LogP contribution < -0.4 is 11.1 Å². The number of benzene rings is 1. The molecule has 7 heteroatoms. The summed E-state index contributed by atoms with van der Waals surface area (Å²) < 4.78 is 26.6. The lowest BCUT2D eigenvalue weighted by molar-refractivity contribution is 0.102. The van der Waals surface area contributed by atoms with Crippen LogP contribution in [-0.2, 0) is 0 Å². The van der Waals surface area contributed by atoms with Gasteiger partial charge >= 0.3 is 0 Å². The fraction of sp³-hybridized carbons (Fsp3) is 0. The predicted octanol–water partition coefficient (Wildman–Crippen LogP) is 2.96. The van der Waals surface area contributed by atoms with Crippen molar-refractivity contribution in [2.45, 2.75) is 0 Å². The monoisotopic (exact) mass is 327 g/mol. The van der Waals surface area contributed by atoms with E-state index in [2.05, 4.69) is 26.2 Å². The van der Waals surface area contributed by atoms with E-state index in [1.165, 1.54) is 18.3 Å². The van der Waals surface area contributed by atoms with E-state index >= 15 is 0 Å². The van der Waals surface area contributed by atoms with Gasteiger partial charge in [0.1, 0.15) is 17.5 Å². The fourth-order valence-corrected chi connectivity index (χ4v) is 1.70. The Bertz CT molecular complexity index is 632. The lowest BCUT2D eigenvalue weighted by Gasteiger charge is -2.07. The minimum absolute atomic E-state index is 0.0552. The van der Waals surface area contributed by atoms with Crippen LogP contribution in [0.15, 0.2) is 34.9 Å². The van der Waals surface area contributed by atoms with Crippen molar-refractivity contribution in [1.29, 1.82) is 0 Å². The van der Waals surface area contributed by atoms with Crippen molar-refractivity contribution in [2.24, 2.45) is 0 Å². The first-order valence-corrected chi connectivity index (χ1v) is 5.94. The number of amides is 1. The summed E-state index contributed by atoms with van der Waals surface area (Å²) in [4.78, 5) is 15.6. The molecule has 0 bridgehead atoms. The fourth-order valence-electron chi connectivity index (χ4n) is 1.35. The van der Waals surface area contributed by atoms with Gasteiger partial charge in [-0.05, 0) is 34.1 Å². The Morgan fingerprint density at radius 2 is 2.00 bits per heavy atom. The molecule has 0 fully saturated rings. The van der Waals surface area contributed by atoms with Crippen molar-refractivity contribution < 1.29 is 13.6 Å². The van der Waals surface area contributed by atoms with Gasteiger partial charge < -0.3 is 11.1 Å². The summed E-state index contributed by atoms with van der Waals surface area (Å²) in [5, 5.41) is 2.32. The average molecular weight is 328 g/mol. The van der Waals surface area contributed by atoms with Crippen LogP contribution in [-0.4, -0.2) is 10.9 Å². The molecule has 1 amide bonds. The molecule has 1 heterocycles. The van der Waals surface area contributed by atoms with E-state index in [-0.39, 0.29) is 21.5 Å². The molecule has 1 aromatic heterocycles. The first-order chi connectivity index (χ1) is 8.97. The van der Waals surface area contributed by atoms with Gasteiger partial charge in [0, 0.05) is 12.3 Å². The summed E-state index contributed by atoms with van der Waals surface area (Å²) in [6.07, 6.45) is 1.27. The maximum Gasteiger partial charge on any atom is 0.257 e. The molecule has 0 atom stereocenters. The van der Waals surface area contributed by atoms with Gasteiger partial charge in [-0.3, -0.25) is 4.79 Å². The van der Waals surface area contributed by atoms with Gasteiger partial charge in [-0.2, -0.15) is 0 Å². The van der Waals surface area contributed by atoms with E-state index in [0.717, 1.165) is 6.07 Å². The first kappa shape index (κ1) is 13.4. The van der Waals surface area contributed by atoms with Gasteiger partial charge in [-0.25, -0.2) is 13.8 Å². The van der Waals surface area contributed by atoms with Crippen LogP contribution in [0.25, 0.3) is 0 Å². The van der Waals surface area contributed by atoms with Crippen LogP contribution in [0.3, 0.4) is 0 Å². The van der Waals surface area contributed by atoms with Gasteiger partial charge in [0.05, 0.1) is 15.7 Å². The zero-order chi connectivity index (χ0) is 14.0. The molecule has 19 heavy (non-hydrogen) atoms. The Balaban J connectivity index is 2.24. The highest BCUT2D eigenvalue weighted by atomic mass is 79.9. The number of nitrogen functional groups attached to an aromatic ring is 1. The van der Waals surface area contributed by atoms with Crippen LogP contribution in [0.1, 0.15) is 10.4 Å². The number of carbonyl (C=O) groups excluding carboxylic acids is 1. The molecule has 0 saturated heterocycles. The maximum atomic E-state index is 13.5. The number of pyridine rings is 1. The Kier molecular flexibility index (Phi) is 3.75. The third-order valence-electron chi connectivity index (χ3n) is 2.31. The van der Waals surface area contributed by atoms with E-state index < -0.39 is 17.5 Å². The van der Waals surface area contributed by atoms with E-state index in [1.54, 1.807) is 0 Å². The second-order valence-electron chi connectivity index (χ2n) is 3.67. The topological polar surface area (TPSA) is 68.0 Å². The molecule has 0 saturated carbocycles. The second kappa shape index (κ2) is 5.31. The molecule has 0 aliphatic carbocycles. The number of nitrogens with one attached hydrogen (secondary N) is 1. The third-order valence-corrected chi connectivity index (χ3v) is 2.91. The number of rotatable bonds is 2. The number of hydrogen-bond donors (Lipinski definition) is 2. The van der Waals surface area contributed by atoms with Gasteiger partial charge in [-0.15, -0.1) is 0 Å². The van der Waals surface area contributed by atoms with E-state index in [1.807, 2.05) is 0 Å². The highest BCUT2D eigenvalue weighted by Gasteiger charge is 2.12. The van der Waals surface area contributed by atoms with Gasteiger partial charge in [0.25, 0.3) is 5.91 Å². The number of nitrogens with two attached hydrogens (primary N) is 1. The smallest absolute Gasteiger partial charge is 0.257 e. The molecule has 0 aliphatic heterocycles. The third kappa shape index (κ3) is 3.05. The number of anilines is 2. The molecule has 1 aromatic carbocycles. The summed E-state index contributed by atoms with van der Waals surface area (Å²) in [5.74, 6) is -1.90. The summed E-state index contributed by atoms with van der Waals surface area (Å²) in [6.45, 7) is 0. The van der Waals surface area contributed by atoms with Crippen LogP contribution in [0.2, 0.25) is 0 Å². The van der Waals surface area contributed by atoms with Crippen LogP contribution in [0.4, 0.5) is 20.3 Å². The lowest BCUT2D eigenvalue weighted by atomic mass is 10.2. The number of halogens is 3. The number of aromatic nitrogens is 1. The molecule has 0 unspecified atom stereocenters. The SMILES string of the molecule is Nc1ccc(C(=O)Nc2cc(Br)c(F)cc2F)cn1. The summed E-state index contributed by atoms with van der Waals surface area (Å²) >= 11 is 2.91. The molecular formula is C12H8BrF2N3O. The van der Waals surface area contributed by atoms with E-state index in [0.29, 0.717) is 6.07 Å². The van der Waals surface area contributed by atoms with Gasteiger partial charge in [-0.1, -0.05) is 0 Å². The van der Waals surface area contributed by atoms with Crippen LogP contribution in [0, 0.1) is 11.6 Å². The van der Waals surface area contributed by atoms with Crippen molar-refractivity contribution in [3.63, 3.8) is 0 Å². The molecule has 98 valence electrons. The Morgan fingerprint density at radius 3 is 2.63 bits per heavy atom. The Morgan fingerprint density at radius 1 is 1.26 bits per heavy atom. The van der Waals surface area contributed by atoms with E-state index in [4.69, 9.17) is 5.73 Å². The normalized spacial score (nSPS) is 10.3. The quantitative estimate of drug-likeness (QED) is 0.833. The summed E-state index contributed by atoms with van der Waals surface area (Å²) in [6, 6.07) is 4.73. The van der Waals surface area contributed by atoms with Crippen molar-refractivity contribution in [1.82, 2.24) is 4.98 Å². The molecule has 2 aromatic rings. The molecule has 4 nitrogen and oxygen atoms in total. The first-order valence-electron chi connectivity index (χ1n) is 5.15. The second-order valence-corrected chi connectivity index (χ2v) is 4.53. The molecule has 3 N–H and O–H groups in total. The van der Waals surface area contributed by atoms with Crippen molar-refractivity contribution in [2.75, 3.05) is 11.1 Å². The minimum atomic E-state index is -0.863. The standard InChI is InChI=1S/C12H8BrF2N3O/c13-7-3-10(9(15)4-8(7)14)18-12(19)6-1-2-11(16)17-5-6/h1-5H,(H2,16,17)(H,18,19). The minimum Gasteiger partial charge on any atom is -0.384 e. The molecule has 0 aliphatic rings. The predicted molar refractivity (Wildman–Crippen MR) is 70.7 cm³/mol. The average Bonchev–Trinajstić information content (AvgIpc) is 2.36. The number of carbonyl (C=O) groups is 1. The Hall–Kier alpha value is -2.02. The van der Waals surface area contributed by atoms with Crippen molar-refractivity contribution in [3.8, 4) is 0 Å². The van der Waals surface area contributed by atoms with Gasteiger partial charge in [0.15, 0.2) is 0 Å². The molecule has 0 radical (unpaired) electrons. The Labute approximate surface area is 115 Å².